The van der Waals surface area contributed by atoms with E-state index < -0.39 is 0 Å². The van der Waals surface area contributed by atoms with Crippen LogP contribution in [0.1, 0.15) is 6.42 Å². The third kappa shape index (κ3) is 14.7. The molecule has 0 aromatic carbocycles. The number of hydrogen-bond donors (Lipinski definition) is 1. The first-order chi connectivity index (χ1) is 7.91. The molecule has 0 aromatic rings. The maximum atomic E-state index is 8.54. The zero-order valence-electron chi connectivity index (χ0n) is 9.50. The highest BCUT2D eigenvalue weighted by Gasteiger charge is 1.98. The number of aliphatic hydroxyl groups is 1. The van der Waals surface area contributed by atoms with E-state index in [1.165, 1.54) is 7.06 Å². The minimum absolute atomic E-state index is 0.256. The Morgan fingerprint density at radius 2 is 1.25 bits per heavy atom. The maximum Gasteiger partial charge on any atom is 0.0545 e. The summed E-state index contributed by atoms with van der Waals surface area (Å²) in [6.07, 6.45) is 1.75. The van der Waals surface area contributed by atoms with Gasteiger partial charge in [0.05, 0.1) is 7.17 Å². The first kappa shape index (κ1) is 16.7. The molecule has 0 spiro atoms. The standard InChI is InChI=1S/C3H7B12O/c4-6-8-10-12-14-15-13-11-9-7-5-2-1-3-16/h16H,1-3H2. The Kier molecular flexibility index (Phi) is 16.5. The molecule has 61 valence electrons. The predicted molar refractivity (Wildman–Crippen MR) is 85.6 cm³/mol. The summed E-state index contributed by atoms with van der Waals surface area (Å²) in [5.74, 6) is 0. The molecule has 0 heterocycles. The number of hydrogen-bond acceptors (Lipinski definition) is 1. The van der Waals surface area contributed by atoms with Crippen LogP contribution >= 0.6 is 0 Å². The van der Waals surface area contributed by atoms with Gasteiger partial charge >= 0.3 is 0 Å². The van der Waals surface area contributed by atoms with Crippen molar-refractivity contribution in [3.8, 4) is 0 Å². The van der Waals surface area contributed by atoms with Crippen LogP contribution in [0.25, 0.3) is 0 Å². The molecule has 0 aliphatic heterocycles. The second-order valence-corrected chi connectivity index (χ2v) is 3.03. The fourth-order valence-corrected chi connectivity index (χ4v) is 0.897. The van der Waals surface area contributed by atoms with Gasteiger partial charge in [0, 0.05) is 85.0 Å². The van der Waals surface area contributed by atoms with Gasteiger partial charge in [0.2, 0.25) is 0 Å². The highest BCUT2D eigenvalue weighted by atomic mass is 16.2. The monoisotopic (exact) mass is 191 g/mol. The van der Waals surface area contributed by atoms with Crippen LogP contribution in [0.15, 0.2) is 0 Å². The SMILES string of the molecule is [B][B][B][B][B][B][B][B][B][B][B][B]CCCO. The fraction of sp³-hybridized carbons (Fsp3) is 1.00. The van der Waals surface area contributed by atoms with Gasteiger partial charge in [-0.25, -0.2) is 0 Å². The molecule has 0 rings (SSSR count). The summed E-state index contributed by atoms with van der Waals surface area (Å²) in [6, 6.07) is 0. The van der Waals surface area contributed by atoms with Crippen molar-refractivity contribution in [2.45, 2.75) is 12.7 Å². The van der Waals surface area contributed by atoms with E-state index in [1.807, 2.05) is 63.7 Å². The second-order valence-electron chi connectivity index (χ2n) is 3.03. The predicted octanol–water partition coefficient (Wildman–Crippen LogP) is -4.23. The van der Waals surface area contributed by atoms with Crippen molar-refractivity contribution < 1.29 is 5.11 Å². The minimum Gasteiger partial charge on any atom is -0.396 e. The maximum absolute atomic E-state index is 8.54. The molecule has 1 N–H and O–H groups in total. The topological polar surface area (TPSA) is 20.2 Å². The van der Waals surface area contributed by atoms with Gasteiger partial charge in [0.25, 0.3) is 0 Å². The molecule has 0 saturated carbocycles. The first-order valence-electron chi connectivity index (χ1n) is 5.39. The lowest BCUT2D eigenvalue weighted by Gasteiger charge is -1.97. The van der Waals surface area contributed by atoms with Crippen molar-refractivity contribution in [3.63, 3.8) is 0 Å². The van der Waals surface area contributed by atoms with E-state index in [0.29, 0.717) is 0 Å². The third-order valence-corrected chi connectivity index (χ3v) is 1.66. The van der Waals surface area contributed by atoms with Crippen LogP contribution in [0.2, 0.25) is 6.32 Å². The molecule has 0 atom stereocenters. The normalized spacial score (nSPS) is 8.06. The van der Waals surface area contributed by atoms with E-state index in [4.69, 9.17) is 12.8 Å². The zero-order valence-corrected chi connectivity index (χ0v) is 9.50. The lowest BCUT2D eigenvalue weighted by molar-refractivity contribution is 0.295. The van der Waals surface area contributed by atoms with E-state index in [1.54, 1.807) is 7.06 Å². The van der Waals surface area contributed by atoms with Gasteiger partial charge in [-0.05, 0) is 6.42 Å². The zero-order chi connectivity index (χ0) is 11.9. The summed E-state index contributed by atoms with van der Waals surface area (Å²) in [5.41, 5.74) is 0. The lowest BCUT2D eigenvalue weighted by atomic mass is 8.87. The van der Waals surface area contributed by atoms with Crippen LogP contribution in [0.5, 0.6) is 0 Å². The summed E-state index contributed by atoms with van der Waals surface area (Å²) in [6.45, 7) is 0.256. The van der Waals surface area contributed by atoms with Crippen LogP contribution in [-0.2, 0) is 0 Å². The Labute approximate surface area is 110 Å². The van der Waals surface area contributed by atoms with Crippen molar-refractivity contribution in [2.75, 3.05) is 6.61 Å². The average molecular weight is 189 g/mol. The molecule has 1 nitrogen and oxygen atoms in total. The van der Waals surface area contributed by atoms with Crippen molar-refractivity contribution in [1.29, 1.82) is 0 Å². The minimum atomic E-state index is 0.256. The first-order valence-corrected chi connectivity index (χ1v) is 5.39. The quantitative estimate of drug-likeness (QED) is 0.230. The van der Waals surface area contributed by atoms with Crippen LogP contribution in [-0.4, -0.2) is 97.2 Å². The van der Waals surface area contributed by atoms with Crippen LogP contribution in [0.3, 0.4) is 0 Å². The molecule has 0 bridgehead atoms. The molecule has 16 heavy (non-hydrogen) atoms. The Hall–Kier alpha value is 0.739. The summed E-state index contributed by atoms with van der Waals surface area (Å²) < 4.78 is 0. The van der Waals surface area contributed by atoms with Gasteiger partial charge in [-0.15, -0.1) is 0 Å². The Morgan fingerprint density at radius 1 is 0.750 bits per heavy atom. The Balaban J connectivity index is 2.83. The molecule has 0 amide bonds. The molecule has 0 aromatic heterocycles. The van der Waals surface area contributed by atoms with Gasteiger partial charge in [-0.3, -0.25) is 0 Å². The van der Waals surface area contributed by atoms with Crippen molar-refractivity contribution in [2.24, 2.45) is 0 Å². The summed E-state index contributed by atoms with van der Waals surface area (Å²) in [7, 11) is 26.0. The largest absolute Gasteiger partial charge is 0.396 e. The molecule has 0 unspecified atom stereocenters. The van der Waals surface area contributed by atoms with Gasteiger partial charge in [0.1, 0.15) is 0 Å². The van der Waals surface area contributed by atoms with Gasteiger partial charge in [0.15, 0.2) is 0 Å². The summed E-state index contributed by atoms with van der Waals surface area (Å²) in [4.78, 5) is 0. The average Bonchev–Trinajstić information content (AvgIpc) is 2.31. The van der Waals surface area contributed by atoms with Crippen molar-refractivity contribution in [1.82, 2.24) is 0 Å². The molecule has 0 saturated heterocycles. The Morgan fingerprint density at radius 3 is 1.75 bits per heavy atom. The lowest BCUT2D eigenvalue weighted by Crippen LogP contribution is -2.33. The highest BCUT2D eigenvalue weighted by Crippen LogP contribution is 1.83. The summed E-state index contributed by atoms with van der Waals surface area (Å²) in [5, 5.41) is 8.54. The Bertz CT molecular complexity index is 109. The number of rotatable bonds is 13. The molecule has 0 aliphatic carbocycles. The number of aliphatic hydroxyl groups excluding tert-OH is 1. The van der Waals surface area contributed by atoms with Crippen LogP contribution in [0, 0.1) is 0 Å². The van der Waals surface area contributed by atoms with Crippen molar-refractivity contribution in [3.05, 3.63) is 0 Å². The summed E-state index contributed by atoms with van der Waals surface area (Å²) >= 11 is 0. The molecular weight excluding hydrogens is 182 g/mol. The molecule has 0 fully saturated rings. The van der Waals surface area contributed by atoms with E-state index in [-0.39, 0.29) is 6.61 Å². The fourth-order valence-electron chi connectivity index (χ4n) is 0.897. The van der Waals surface area contributed by atoms with E-state index in [0.717, 1.165) is 12.7 Å². The molecule has 0 aliphatic rings. The van der Waals surface area contributed by atoms with Crippen LogP contribution in [0.4, 0.5) is 0 Å². The highest BCUT2D eigenvalue weighted by molar-refractivity contribution is 7.71. The van der Waals surface area contributed by atoms with E-state index in [9.17, 15) is 0 Å². The third-order valence-electron chi connectivity index (χ3n) is 1.66. The van der Waals surface area contributed by atoms with Crippen LogP contribution < -0.4 is 0 Å². The second kappa shape index (κ2) is 15.7. The molecule has 13 radical (unpaired) electrons. The smallest absolute Gasteiger partial charge is 0.0545 e. The van der Waals surface area contributed by atoms with Gasteiger partial charge in [-0.2, -0.15) is 0 Å². The van der Waals surface area contributed by atoms with E-state index in [2.05, 4.69) is 0 Å². The van der Waals surface area contributed by atoms with Gasteiger partial charge in [-0.1, -0.05) is 6.32 Å². The van der Waals surface area contributed by atoms with E-state index >= 15 is 0 Å². The van der Waals surface area contributed by atoms with Crippen molar-refractivity contribution >= 4 is 85.5 Å². The molecular formula is C3H7B12O. The van der Waals surface area contributed by atoms with Gasteiger partial charge < -0.3 is 5.11 Å². The molecule has 13 heteroatoms.